The number of amides is 1. The van der Waals surface area contributed by atoms with Gasteiger partial charge >= 0.3 is 17.2 Å². The summed E-state index contributed by atoms with van der Waals surface area (Å²) in [5.74, 6) is -2.60. The predicted octanol–water partition coefficient (Wildman–Crippen LogP) is 3.42. The molecule has 1 rings (SSSR count). The number of carbonyl (C=O) groups is 1. The molecule has 0 fully saturated rings. The zero-order chi connectivity index (χ0) is 17.3. The summed E-state index contributed by atoms with van der Waals surface area (Å²) in [7, 11) is 0. The molecule has 0 unspecified atom stereocenters. The van der Waals surface area contributed by atoms with E-state index in [2.05, 4.69) is 11.6 Å². The van der Waals surface area contributed by atoms with Crippen LogP contribution in [0.5, 0.6) is 0 Å². The Balaban J connectivity index is 3.16. The lowest BCUT2D eigenvalue weighted by atomic mass is 10.1. The SMILES string of the molecule is O=C(Nc1cccc(N([O-])O)c1)C(Cl)(C(F)(F)F)C(F)(F)F. The summed E-state index contributed by atoms with van der Waals surface area (Å²) in [5.41, 5.74) is -1.13. The normalized spacial score (nSPS) is 13.0. The Morgan fingerprint density at radius 2 is 1.68 bits per heavy atom. The van der Waals surface area contributed by atoms with Gasteiger partial charge in [-0.05, 0) is 18.2 Å². The lowest BCUT2D eigenvalue weighted by Gasteiger charge is -2.30. The molecule has 22 heavy (non-hydrogen) atoms. The monoisotopic (exact) mass is 351 g/mol. The molecule has 0 aliphatic rings. The minimum Gasteiger partial charge on any atom is -0.733 e. The van der Waals surface area contributed by atoms with Gasteiger partial charge in [0.05, 0.1) is 5.69 Å². The molecule has 0 radical (unpaired) electrons. The molecule has 12 heteroatoms. The first-order valence-electron chi connectivity index (χ1n) is 5.20. The van der Waals surface area contributed by atoms with Crippen molar-refractivity contribution in [3.63, 3.8) is 0 Å². The van der Waals surface area contributed by atoms with E-state index in [0.29, 0.717) is 6.07 Å². The van der Waals surface area contributed by atoms with Crippen LogP contribution in [0, 0.1) is 5.21 Å². The zero-order valence-corrected chi connectivity index (χ0v) is 10.9. The largest absolute Gasteiger partial charge is 0.733 e. The molecular formula is C10H6ClF6N2O3-. The van der Waals surface area contributed by atoms with Crippen LogP contribution in [0.3, 0.4) is 0 Å². The van der Waals surface area contributed by atoms with Gasteiger partial charge in [0.25, 0.3) is 5.91 Å². The van der Waals surface area contributed by atoms with E-state index in [-0.39, 0.29) is 0 Å². The third-order valence-corrected chi connectivity index (χ3v) is 3.02. The van der Waals surface area contributed by atoms with Gasteiger partial charge in [-0.25, -0.2) is 0 Å². The van der Waals surface area contributed by atoms with E-state index >= 15 is 0 Å². The van der Waals surface area contributed by atoms with Gasteiger partial charge in [0, 0.05) is 5.69 Å². The van der Waals surface area contributed by atoms with E-state index in [1.807, 2.05) is 0 Å². The van der Waals surface area contributed by atoms with E-state index in [1.54, 1.807) is 0 Å². The fourth-order valence-corrected chi connectivity index (χ4v) is 1.39. The van der Waals surface area contributed by atoms with E-state index in [0.717, 1.165) is 18.2 Å². The number of nitrogens with zero attached hydrogens (tertiary/aromatic N) is 1. The molecule has 1 aromatic rings. The summed E-state index contributed by atoms with van der Waals surface area (Å²) >= 11 is 4.51. The molecule has 0 atom stereocenters. The second kappa shape index (κ2) is 5.82. The standard InChI is InChI=1S/C10H6ClF6N2O3/c11-8(9(12,13)14,10(15,16)17)7(20)18-5-2-1-3-6(4-5)19(21)22/h1-4,21H,(H,18,20)/q-1. The number of halogens is 7. The topological polar surface area (TPSA) is 75.6 Å². The Hall–Kier alpha value is -1.72. The molecule has 124 valence electrons. The first-order chi connectivity index (χ1) is 9.80. The number of carbonyl (C=O) groups excluding carboxylic acids is 1. The van der Waals surface area contributed by atoms with Crippen LogP contribution in [-0.2, 0) is 4.79 Å². The molecule has 0 aliphatic carbocycles. The van der Waals surface area contributed by atoms with Crippen LogP contribution in [0.4, 0.5) is 37.7 Å². The summed E-state index contributed by atoms with van der Waals surface area (Å²) < 4.78 is 75.3. The van der Waals surface area contributed by atoms with Crippen molar-refractivity contribution in [2.45, 2.75) is 17.2 Å². The fraction of sp³-hybridized carbons (Fsp3) is 0.300. The maximum absolute atomic E-state index is 12.5. The average molecular weight is 352 g/mol. The van der Waals surface area contributed by atoms with Crippen molar-refractivity contribution in [1.29, 1.82) is 0 Å². The Bertz CT molecular complexity index is 546. The second-order valence-corrected chi connectivity index (χ2v) is 4.50. The highest BCUT2D eigenvalue weighted by Gasteiger charge is 2.75. The van der Waals surface area contributed by atoms with Gasteiger partial charge in [0.15, 0.2) is 0 Å². The van der Waals surface area contributed by atoms with E-state index in [9.17, 15) is 36.3 Å². The predicted molar refractivity (Wildman–Crippen MR) is 63.4 cm³/mol. The van der Waals surface area contributed by atoms with Gasteiger partial charge in [-0.2, -0.15) is 26.3 Å². The van der Waals surface area contributed by atoms with Gasteiger partial charge in [0.1, 0.15) is 0 Å². The van der Waals surface area contributed by atoms with Crippen LogP contribution in [0.2, 0.25) is 0 Å². The average Bonchev–Trinajstić information content (AvgIpc) is 2.35. The molecule has 5 nitrogen and oxygen atoms in total. The van der Waals surface area contributed by atoms with Crippen molar-refractivity contribution in [3.05, 3.63) is 29.5 Å². The number of nitrogens with one attached hydrogen (secondary N) is 1. The van der Waals surface area contributed by atoms with Gasteiger partial charge in [-0.1, -0.05) is 17.7 Å². The van der Waals surface area contributed by atoms with Crippen molar-refractivity contribution < 1.29 is 36.3 Å². The summed E-state index contributed by atoms with van der Waals surface area (Å²) in [5, 5.41) is 19.8. The molecule has 0 spiro atoms. The first kappa shape index (κ1) is 18.3. The van der Waals surface area contributed by atoms with Crippen molar-refractivity contribution in [2.75, 3.05) is 10.5 Å². The van der Waals surface area contributed by atoms with Crippen LogP contribution in [-0.4, -0.2) is 28.3 Å². The molecule has 0 bridgehead atoms. The highest BCUT2D eigenvalue weighted by molar-refractivity contribution is 6.38. The summed E-state index contributed by atoms with van der Waals surface area (Å²) in [4.78, 5) is 6.21. The van der Waals surface area contributed by atoms with Crippen LogP contribution >= 0.6 is 11.6 Å². The molecule has 0 saturated heterocycles. The zero-order valence-electron chi connectivity index (χ0n) is 10.2. The molecule has 1 aromatic carbocycles. The molecule has 0 aromatic heterocycles. The van der Waals surface area contributed by atoms with Crippen molar-refractivity contribution in [1.82, 2.24) is 0 Å². The van der Waals surface area contributed by atoms with Gasteiger partial charge in [-0.15, -0.1) is 0 Å². The van der Waals surface area contributed by atoms with Crippen LogP contribution in [0.25, 0.3) is 0 Å². The molecule has 0 heterocycles. The maximum atomic E-state index is 12.5. The molecule has 2 N–H and O–H groups in total. The fourth-order valence-electron chi connectivity index (χ4n) is 1.34. The highest BCUT2D eigenvalue weighted by atomic mass is 35.5. The first-order valence-corrected chi connectivity index (χ1v) is 5.58. The smallest absolute Gasteiger partial charge is 0.425 e. The Morgan fingerprint density at radius 3 is 2.09 bits per heavy atom. The van der Waals surface area contributed by atoms with Crippen molar-refractivity contribution in [2.24, 2.45) is 0 Å². The number of rotatable bonds is 3. The number of hydrogen-bond donors (Lipinski definition) is 2. The Labute approximate surface area is 123 Å². The Morgan fingerprint density at radius 1 is 1.18 bits per heavy atom. The Kier molecular flexibility index (Phi) is 4.85. The van der Waals surface area contributed by atoms with E-state index in [4.69, 9.17) is 5.21 Å². The minimum absolute atomic E-state index is 0.531. The molecule has 0 saturated carbocycles. The van der Waals surface area contributed by atoms with Crippen molar-refractivity contribution >= 4 is 28.9 Å². The van der Waals surface area contributed by atoms with Gasteiger partial charge in [-0.3, -0.25) is 10.0 Å². The third-order valence-electron chi connectivity index (χ3n) is 2.42. The lowest BCUT2D eigenvalue weighted by Crippen LogP contribution is -2.60. The number of alkyl halides is 7. The van der Waals surface area contributed by atoms with Crippen LogP contribution in [0.1, 0.15) is 0 Å². The van der Waals surface area contributed by atoms with Crippen LogP contribution < -0.4 is 10.5 Å². The minimum atomic E-state index is -6.12. The molecule has 1 amide bonds. The van der Waals surface area contributed by atoms with Crippen LogP contribution in [0.15, 0.2) is 24.3 Å². The summed E-state index contributed by atoms with van der Waals surface area (Å²) in [6.07, 6.45) is -12.2. The summed E-state index contributed by atoms with van der Waals surface area (Å²) in [6.45, 7) is 0. The lowest BCUT2D eigenvalue weighted by molar-refractivity contribution is -0.258. The highest BCUT2D eigenvalue weighted by Crippen LogP contribution is 2.48. The molecule has 0 aliphatic heterocycles. The van der Waals surface area contributed by atoms with Crippen molar-refractivity contribution in [3.8, 4) is 0 Å². The number of benzene rings is 1. The van der Waals surface area contributed by atoms with E-state index < -0.39 is 39.7 Å². The van der Waals surface area contributed by atoms with Gasteiger partial charge < -0.3 is 15.8 Å². The third kappa shape index (κ3) is 3.36. The maximum Gasteiger partial charge on any atom is 0.425 e. The quantitative estimate of drug-likeness (QED) is 0.497. The molecular weight excluding hydrogens is 346 g/mol. The van der Waals surface area contributed by atoms with E-state index in [1.165, 1.54) is 5.32 Å². The number of hydrogen-bond acceptors (Lipinski definition) is 4. The summed E-state index contributed by atoms with van der Waals surface area (Å²) in [6, 6.07) is 3.54. The number of anilines is 2. The second-order valence-electron chi connectivity index (χ2n) is 3.93. The van der Waals surface area contributed by atoms with Gasteiger partial charge in [0.2, 0.25) is 0 Å².